The Morgan fingerprint density at radius 2 is 2.00 bits per heavy atom. The molecule has 0 radical (unpaired) electrons. The number of hydrogen-bond acceptors (Lipinski definition) is 3. The molecule has 0 spiro atoms. The number of rotatable bonds is 7. The van der Waals surface area contributed by atoms with Crippen molar-refractivity contribution in [2.24, 2.45) is 16.8 Å². The smallest absolute Gasteiger partial charge is 0.191 e. The molecule has 1 aromatic heterocycles. The maximum atomic E-state index is 4.71. The zero-order chi connectivity index (χ0) is 15.9. The van der Waals surface area contributed by atoms with Gasteiger partial charge in [-0.3, -0.25) is 9.89 Å². The molecule has 0 unspecified atom stereocenters. The van der Waals surface area contributed by atoms with Gasteiger partial charge in [0.1, 0.15) is 0 Å². The van der Waals surface area contributed by atoms with E-state index in [0.29, 0.717) is 0 Å². The molecular formula is C18H31IN4S. The van der Waals surface area contributed by atoms with E-state index < -0.39 is 0 Å². The number of likely N-dealkylation sites (tertiary alicyclic amines) is 1. The minimum absolute atomic E-state index is 0. The highest BCUT2D eigenvalue weighted by Gasteiger charge is 2.21. The first kappa shape index (κ1) is 20.0. The van der Waals surface area contributed by atoms with Gasteiger partial charge in [-0.05, 0) is 69.0 Å². The Morgan fingerprint density at radius 3 is 2.62 bits per heavy atom. The van der Waals surface area contributed by atoms with E-state index in [2.05, 4.69) is 40.0 Å². The first-order valence-corrected chi connectivity index (χ1v) is 9.98. The number of hydrogen-bond donors (Lipinski definition) is 2. The molecule has 3 rings (SSSR count). The van der Waals surface area contributed by atoms with Crippen LogP contribution in [-0.2, 0) is 6.54 Å². The third-order valence-corrected chi connectivity index (χ3v) is 5.63. The van der Waals surface area contributed by atoms with Crippen LogP contribution >= 0.6 is 35.3 Å². The summed E-state index contributed by atoms with van der Waals surface area (Å²) < 4.78 is 0. The van der Waals surface area contributed by atoms with E-state index in [1.807, 2.05) is 11.3 Å². The number of nitrogens with one attached hydrogen (secondary N) is 2. The fourth-order valence-corrected chi connectivity index (χ4v) is 3.82. The molecule has 0 amide bonds. The van der Waals surface area contributed by atoms with Gasteiger partial charge in [-0.15, -0.1) is 35.3 Å². The van der Waals surface area contributed by atoms with Gasteiger partial charge < -0.3 is 10.6 Å². The summed E-state index contributed by atoms with van der Waals surface area (Å²) in [5, 5.41) is 9.11. The van der Waals surface area contributed by atoms with Gasteiger partial charge >= 0.3 is 0 Å². The second kappa shape index (κ2) is 10.6. The van der Waals surface area contributed by atoms with Gasteiger partial charge in [0.25, 0.3) is 0 Å². The standard InChI is InChI=1S/C18H30N4S.HI/c1-2-19-18(20-12-15-5-6-15)21-13-16-7-9-22(10-8-16)14-17-4-3-11-23-17;/h3-4,11,15-16H,2,5-10,12-14H2,1H3,(H2,19,20,21);1H. The van der Waals surface area contributed by atoms with Crippen molar-refractivity contribution in [1.82, 2.24) is 15.5 Å². The van der Waals surface area contributed by atoms with Crippen LogP contribution in [0.2, 0.25) is 0 Å². The molecular weight excluding hydrogens is 431 g/mol. The van der Waals surface area contributed by atoms with E-state index >= 15 is 0 Å². The van der Waals surface area contributed by atoms with Crippen molar-refractivity contribution in [3.63, 3.8) is 0 Å². The number of nitrogens with zero attached hydrogens (tertiary/aromatic N) is 2. The Balaban J connectivity index is 0.00000208. The molecule has 1 aliphatic heterocycles. The van der Waals surface area contributed by atoms with Crippen LogP contribution in [0, 0.1) is 11.8 Å². The summed E-state index contributed by atoms with van der Waals surface area (Å²) in [5.74, 6) is 2.64. The lowest BCUT2D eigenvalue weighted by Gasteiger charge is -2.32. The van der Waals surface area contributed by atoms with Crippen molar-refractivity contribution < 1.29 is 0 Å². The highest BCUT2D eigenvalue weighted by atomic mass is 127. The topological polar surface area (TPSA) is 39.7 Å². The minimum Gasteiger partial charge on any atom is -0.357 e. The van der Waals surface area contributed by atoms with Crippen molar-refractivity contribution in [3.05, 3.63) is 22.4 Å². The maximum absolute atomic E-state index is 4.71. The van der Waals surface area contributed by atoms with Crippen molar-refractivity contribution in [2.45, 2.75) is 39.2 Å². The van der Waals surface area contributed by atoms with Crippen LogP contribution in [0.25, 0.3) is 0 Å². The van der Waals surface area contributed by atoms with Gasteiger partial charge in [-0.1, -0.05) is 6.07 Å². The van der Waals surface area contributed by atoms with E-state index in [-0.39, 0.29) is 24.0 Å². The van der Waals surface area contributed by atoms with Crippen molar-refractivity contribution in [1.29, 1.82) is 0 Å². The molecule has 1 aromatic rings. The first-order valence-electron chi connectivity index (χ1n) is 9.10. The Kier molecular flexibility index (Phi) is 8.83. The molecule has 136 valence electrons. The Labute approximate surface area is 167 Å². The third-order valence-electron chi connectivity index (χ3n) is 4.77. The molecule has 1 aliphatic carbocycles. The molecule has 0 atom stereocenters. The fourth-order valence-electron chi connectivity index (χ4n) is 3.08. The monoisotopic (exact) mass is 462 g/mol. The third kappa shape index (κ3) is 6.88. The largest absolute Gasteiger partial charge is 0.357 e. The van der Waals surface area contributed by atoms with Gasteiger partial charge in [0.15, 0.2) is 5.96 Å². The number of thiophene rings is 1. The van der Waals surface area contributed by atoms with Crippen LogP contribution in [0.4, 0.5) is 0 Å². The van der Waals surface area contributed by atoms with Gasteiger partial charge in [0.05, 0.1) is 0 Å². The Morgan fingerprint density at radius 1 is 1.21 bits per heavy atom. The Hall–Kier alpha value is -0.340. The van der Waals surface area contributed by atoms with Gasteiger partial charge in [-0.25, -0.2) is 0 Å². The second-order valence-corrected chi connectivity index (χ2v) is 7.88. The number of piperidine rings is 1. The average molecular weight is 462 g/mol. The van der Waals surface area contributed by atoms with Gasteiger partial charge in [0, 0.05) is 31.1 Å². The fraction of sp³-hybridized carbons (Fsp3) is 0.722. The molecule has 2 aliphatic rings. The lowest BCUT2D eigenvalue weighted by Crippen LogP contribution is -2.42. The average Bonchev–Trinajstić information content (AvgIpc) is 3.27. The molecule has 0 aromatic carbocycles. The predicted octanol–water partition coefficient (Wildman–Crippen LogP) is 3.54. The van der Waals surface area contributed by atoms with Crippen molar-refractivity contribution >= 4 is 41.3 Å². The highest BCUT2D eigenvalue weighted by molar-refractivity contribution is 14.0. The van der Waals surface area contributed by atoms with Crippen molar-refractivity contribution in [2.75, 3.05) is 32.7 Å². The lowest BCUT2D eigenvalue weighted by molar-refractivity contribution is 0.179. The molecule has 2 heterocycles. The molecule has 2 N–H and O–H groups in total. The summed E-state index contributed by atoms with van der Waals surface area (Å²) in [6.45, 7) is 8.70. The molecule has 1 saturated carbocycles. The van der Waals surface area contributed by atoms with Gasteiger partial charge in [0.2, 0.25) is 0 Å². The summed E-state index contributed by atoms with van der Waals surface area (Å²) >= 11 is 1.87. The molecule has 24 heavy (non-hydrogen) atoms. The van der Waals surface area contributed by atoms with E-state index in [1.54, 1.807) is 0 Å². The summed E-state index contributed by atoms with van der Waals surface area (Å²) in [5.41, 5.74) is 0. The van der Waals surface area contributed by atoms with Crippen LogP contribution in [0.1, 0.15) is 37.5 Å². The van der Waals surface area contributed by atoms with Crippen LogP contribution in [0.3, 0.4) is 0 Å². The van der Waals surface area contributed by atoms with Gasteiger partial charge in [-0.2, -0.15) is 0 Å². The molecule has 4 nitrogen and oxygen atoms in total. The normalized spacial score (nSPS) is 19.8. The molecule has 6 heteroatoms. The molecule has 1 saturated heterocycles. The SMILES string of the molecule is CCNC(=NCC1CC1)NCC1CCN(Cc2cccs2)CC1.I. The van der Waals surface area contributed by atoms with Crippen LogP contribution in [-0.4, -0.2) is 43.6 Å². The van der Waals surface area contributed by atoms with E-state index in [0.717, 1.165) is 44.0 Å². The molecule has 0 bridgehead atoms. The number of aliphatic imine (C=N–C) groups is 1. The number of halogens is 1. The van der Waals surface area contributed by atoms with E-state index in [9.17, 15) is 0 Å². The highest BCUT2D eigenvalue weighted by Crippen LogP contribution is 2.28. The van der Waals surface area contributed by atoms with E-state index in [4.69, 9.17) is 4.99 Å². The summed E-state index contributed by atoms with van der Waals surface area (Å²) in [6.07, 6.45) is 5.32. The Bertz CT molecular complexity index is 479. The zero-order valence-electron chi connectivity index (χ0n) is 14.7. The quantitative estimate of drug-likeness (QED) is 0.370. The van der Waals surface area contributed by atoms with Crippen molar-refractivity contribution in [3.8, 4) is 0 Å². The van der Waals surface area contributed by atoms with Crippen LogP contribution < -0.4 is 10.6 Å². The number of guanidine groups is 1. The minimum atomic E-state index is 0. The van der Waals surface area contributed by atoms with Crippen LogP contribution in [0.15, 0.2) is 22.5 Å². The van der Waals surface area contributed by atoms with Crippen LogP contribution in [0.5, 0.6) is 0 Å². The second-order valence-electron chi connectivity index (χ2n) is 6.84. The first-order chi connectivity index (χ1) is 11.3. The van der Waals surface area contributed by atoms with E-state index in [1.165, 1.54) is 43.6 Å². The summed E-state index contributed by atoms with van der Waals surface area (Å²) in [7, 11) is 0. The predicted molar refractivity (Wildman–Crippen MR) is 114 cm³/mol. The lowest BCUT2D eigenvalue weighted by atomic mass is 9.97. The summed E-state index contributed by atoms with van der Waals surface area (Å²) in [6, 6.07) is 4.40. The molecule has 2 fully saturated rings. The maximum Gasteiger partial charge on any atom is 0.191 e. The zero-order valence-corrected chi connectivity index (χ0v) is 17.8. The summed E-state index contributed by atoms with van der Waals surface area (Å²) in [4.78, 5) is 8.79.